The van der Waals surface area contributed by atoms with Gasteiger partial charge in [-0.2, -0.15) is 0 Å². The molecule has 30 aromatic rings. The molecule has 30 rings (SSSR count). The van der Waals surface area contributed by atoms with Crippen LogP contribution in [0.1, 0.15) is 0 Å². The van der Waals surface area contributed by atoms with Crippen molar-refractivity contribution in [3.8, 4) is 22.7 Å². The van der Waals surface area contributed by atoms with Crippen molar-refractivity contribution >= 4 is 240 Å². The molecular formula is C108H60N8. The highest BCUT2D eigenvalue weighted by molar-refractivity contribution is 6.39. The molecule has 0 saturated carbocycles. The van der Waals surface area contributed by atoms with Gasteiger partial charge in [-0.1, -0.05) is 218 Å². The Morgan fingerprint density at radius 3 is 0.690 bits per heavy atom. The highest BCUT2D eigenvalue weighted by Crippen LogP contribution is 2.53. The molecule has 12 aromatic heterocycles. The minimum absolute atomic E-state index is 1.17. The van der Waals surface area contributed by atoms with E-state index in [0.717, 1.165) is 0 Å². The van der Waals surface area contributed by atoms with Gasteiger partial charge in [0, 0.05) is 152 Å². The molecule has 0 bridgehead atoms. The maximum atomic E-state index is 2.56. The molecule has 0 aliphatic carbocycles. The first-order chi connectivity index (χ1) is 57.6. The van der Waals surface area contributed by atoms with E-state index in [4.69, 9.17) is 0 Å². The van der Waals surface area contributed by atoms with Gasteiger partial charge in [0.05, 0.1) is 110 Å². The van der Waals surface area contributed by atoms with Crippen molar-refractivity contribution in [2.75, 3.05) is 0 Å². The Hall–Kier alpha value is -15.6. The van der Waals surface area contributed by atoms with Gasteiger partial charge in [0.15, 0.2) is 0 Å². The first kappa shape index (κ1) is 60.1. The molecule has 12 heterocycles. The molecule has 8 nitrogen and oxygen atoms in total. The zero-order valence-corrected chi connectivity index (χ0v) is 62.2. The molecule has 0 fully saturated rings. The third kappa shape index (κ3) is 7.26. The Kier molecular flexibility index (Phi) is 11.1. The topological polar surface area (TPSA) is 37.4 Å². The van der Waals surface area contributed by atoms with Gasteiger partial charge in [-0.15, -0.1) is 0 Å². The number of para-hydroxylation sites is 12. The number of aromatic nitrogens is 8. The van der Waals surface area contributed by atoms with E-state index in [2.05, 4.69) is 400 Å². The maximum absolute atomic E-state index is 2.56. The van der Waals surface area contributed by atoms with E-state index in [1.807, 2.05) is 0 Å². The summed E-state index contributed by atoms with van der Waals surface area (Å²) in [4.78, 5) is 0. The maximum Gasteiger partial charge on any atom is 0.0642 e. The molecule has 18 aromatic carbocycles. The van der Waals surface area contributed by atoms with E-state index < -0.39 is 0 Å². The molecule has 0 unspecified atom stereocenters. The van der Waals surface area contributed by atoms with Crippen LogP contribution in [-0.4, -0.2) is 35.9 Å². The van der Waals surface area contributed by atoms with Crippen LogP contribution < -0.4 is 0 Å². The first-order valence-corrected chi connectivity index (χ1v) is 40.2. The van der Waals surface area contributed by atoms with Crippen molar-refractivity contribution in [2.24, 2.45) is 0 Å². The second-order valence-electron chi connectivity index (χ2n) is 32.2. The van der Waals surface area contributed by atoms with Crippen LogP contribution in [0.5, 0.6) is 0 Å². The van der Waals surface area contributed by atoms with E-state index in [-0.39, 0.29) is 0 Å². The van der Waals surface area contributed by atoms with E-state index in [0.29, 0.717) is 0 Å². The number of nitrogens with zero attached hydrogens (tertiary/aromatic N) is 8. The van der Waals surface area contributed by atoms with Gasteiger partial charge in [-0.3, -0.25) is 0 Å². The fourth-order valence-corrected chi connectivity index (χ4v) is 22.3. The molecule has 0 saturated heterocycles. The lowest BCUT2D eigenvalue weighted by Crippen LogP contribution is -1.93. The molecule has 0 amide bonds. The summed E-state index contributed by atoms with van der Waals surface area (Å²) in [6, 6.07) is 135. The van der Waals surface area contributed by atoms with Crippen LogP contribution in [0.25, 0.3) is 262 Å². The van der Waals surface area contributed by atoms with E-state index in [1.54, 1.807) is 0 Å². The summed E-state index contributed by atoms with van der Waals surface area (Å²) in [5, 5.41) is 30.9. The Morgan fingerprint density at radius 1 is 0.112 bits per heavy atom. The fraction of sp³-hybridized carbons (Fsp3) is 0. The van der Waals surface area contributed by atoms with Gasteiger partial charge in [-0.25, -0.2) is 0 Å². The quantitative estimate of drug-likeness (QED) is 0.168. The molecule has 0 aliphatic rings. The summed E-state index contributed by atoms with van der Waals surface area (Å²) in [5.74, 6) is 0. The fourth-order valence-electron chi connectivity index (χ4n) is 22.3. The smallest absolute Gasteiger partial charge is 0.0642 e. The summed E-state index contributed by atoms with van der Waals surface area (Å²) in [6.45, 7) is 0. The van der Waals surface area contributed by atoms with Gasteiger partial charge in [0.25, 0.3) is 0 Å². The molecule has 532 valence electrons. The van der Waals surface area contributed by atoms with Crippen molar-refractivity contribution in [2.45, 2.75) is 0 Å². The Balaban J connectivity index is 0.000000119. The van der Waals surface area contributed by atoms with Crippen LogP contribution in [0.4, 0.5) is 0 Å². The monoisotopic (exact) mass is 1470 g/mol. The van der Waals surface area contributed by atoms with Crippen molar-refractivity contribution < 1.29 is 0 Å². The lowest BCUT2D eigenvalue weighted by molar-refractivity contribution is 1.18. The lowest BCUT2D eigenvalue weighted by atomic mass is 10.0. The average molecular weight is 1470 g/mol. The normalized spacial score (nSPS) is 12.8. The minimum Gasteiger partial charge on any atom is -0.309 e. The summed E-state index contributed by atoms with van der Waals surface area (Å²) in [7, 11) is 0. The van der Waals surface area contributed by atoms with Gasteiger partial charge in [-0.05, 0) is 146 Å². The Bertz CT molecular complexity index is 9020. The zero-order valence-electron chi connectivity index (χ0n) is 62.2. The predicted octanol–water partition coefficient (Wildman–Crippen LogP) is 28.4. The molecular weight excluding hydrogens is 1410 g/mol. The highest BCUT2D eigenvalue weighted by atomic mass is 15.0. The van der Waals surface area contributed by atoms with Crippen LogP contribution in [0, 0.1) is 0 Å². The summed E-state index contributed by atoms with van der Waals surface area (Å²) < 4.78 is 20.1. The Morgan fingerprint density at radius 2 is 0.336 bits per heavy atom. The largest absolute Gasteiger partial charge is 0.309 e. The number of hydrogen-bond donors (Lipinski definition) is 0. The van der Waals surface area contributed by atoms with Gasteiger partial charge < -0.3 is 35.9 Å². The summed E-state index contributed by atoms with van der Waals surface area (Å²) in [5.41, 5.74) is 29.7. The SMILES string of the molecule is c1ccc(-n2c3ccccc3c3cc4c5cc6c(cc5n5c7ccccc7c(c32)c45)c2cc3c4ccccc4n(-c4ccccc4)c3c3c4ccccc4n6c23)cc1.c1ccc(-n2c3ccccc3c3cc4c5cccc6c7cc8c(cc7n(c4cc32)c65)c2cccc3c4cc5c6ccccc6n(-c6ccccc6)c5cc4n8c23)cc1. The number of fused-ring (bicyclic) bond motifs is 38. The number of rotatable bonds is 4. The highest BCUT2D eigenvalue weighted by Gasteiger charge is 2.31. The molecule has 0 aliphatic heterocycles. The van der Waals surface area contributed by atoms with Crippen LogP contribution >= 0.6 is 0 Å². The van der Waals surface area contributed by atoms with Crippen LogP contribution in [0.3, 0.4) is 0 Å². The third-order valence-corrected chi connectivity index (χ3v) is 26.7. The third-order valence-electron chi connectivity index (χ3n) is 26.7. The van der Waals surface area contributed by atoms with Crippen molar-refractivity contribution in [3.63, 3.8) is 0 Å². The van der Waals surface area contributed by atoms with Gasteiger partial charge in [0.2, 0.25) is 0 Å². The van der Waals surface area contributed by atoms with Crippen molar-refractivity contribution in [1.82, 2.24) is 35.9 Å². The number of hydrogen-bond acceptors (Lipinski definition) is 0. The molecule has 0 radical (unpaired) electrons. The summed E-state index contributed by atoms with van der Waals surface area (Å²) >= 11 is 0. The summed E-state index contributed by atoms with van der Waals surface area (Å²) in [6.07, 6.45) is 0. The Labute approximate surface area is 657 Å². The van der Waals surface area contributed by atoms with Crippen LogP contribution in [0.15, 0.2) is 364 Å². The zero-order chi connectivity index (χ0) is 74.8. The molecule has 0 spiro atoms. The standard InChI is InChI=1S/2C54H30N4/c1-3-15-31(16-4-1)55-43-23-11-7-19-33(43)39-27-41-37-29-48-38(30-47(37)57-45-25-13-9-21-35(45)49(51(39)55)53(41)57)42-28-40-34-20-8-12-24-44(34)56(32-17-5-2-6-18-32)52(40)50-36-22-10-14-26-46(36)58(48)54(42)50;1-3-13-31(14-4-1)55-45-23-9-7-17-33(45)39-25-41-35-19-11-21-37-43-28-48-44(27-47(43)57(53(35)37)51(41)29-49(39)55)38-22-12-20-36-42-26-40-34-18-8-10-24-46(34)56(32-15-5-2-6-16-32)50(40)30-52(42)58(48)54(36)38/h2*1-30H. The lowest BCUT2D eigenvalue weighted by Gasteiger charge is -2.09. The average Bonchev–Trinajstić information content (AvgIpc) is 1.50. The molecule has 116 heavy (non-hydrogen) atoms. The molecule has 8 heteroatoms. The second kappa shape index (κ2) is 21.3. The van der Waals surface area contributed by atoms with Crippen molar-refractivity contribution in [1.29, 1.82) is 0 Å². The van der Waals surface area contributed by atoms with Crippen molar-refractivity contribution in [3.05, 3.63) is 364 Å². The van der Waals surface area contributed by atoms with E-state index in [9.17, 15) is 0 Å². The van der Waals surface area contributed by atoms with Crippen LogP contribution in [-0.2, 0) is 0 Å². The van der Waals surface area contributed by atoms with Crippen LogP contribution in [0.2, 0.25) is 0 Å². The second-order valence-corrected chi connectivity index (χ2v) is 32.2. The minimum atomic E-state index is 1.17. The predicted molar refractivity (Wildman–Crippen MR) is 489 cm³/mol. The molecule has 0 N–H and O–H groups in total. The van der Waals surface area contributed by atoms with E-state index in [1.165, 1.54) is 262 Å². The van der Waals surface area contributed by atoms with Gasteiger partial charge >= 0.3 is 0 Å². The van der Waals surface area contributed by atoms with Gasteiger partial charge in [0.1, 0.15) is 0 Å². The first-order valence-electron chi connectivity index (χ1n) is 40.2. The number of benzene rings is 18. The van der Waals surface area contributed by atoms with E-state index >= 15 is 0 Å². The molecule has 0 atom stereocenters.